The van der Waals surface area contributed by atoms with Crippen LogP contribution in [0.15, 0.2) is 21.6 Å². The second kappa shape index (κ2) is 11.2. The first-order valence-electron chi connectivity index (χ1n) is 9.93. The third-order valence-corrected chi connectivity index (χ3v) is 6.59. The number of methoxy groups -OCH3 is 1. The number of nitrogens with one attached hydrogen (secondary N) is 1. The molecule has 2 aromatic rings. The number of amides is 1. The number of hydrogen-bond donors (Lipinski definition) is 1. The van der Waals surface area contributed by atoms with Gasteiger partial charge in [0.1, 0.15) is 23.0 Å². The molecule has 182 valence electrons. The van der Waals surface area contributed by atoms with Crippen molar-refractivity contribution in [3.05, 3.63) is 32.0 Å². The summed E-state index contributed by atoms with van der Waals surface area (Å²) in [7, 11) is 4.10. The van der Waals surface area contributed by atoms with Gasteiger partial charge < -0.3 is 19.5 Å². The summed E-state index contributed by atoms with van der Waals surface area (Å²) in [4.78, 5) is 29.9. The van der Waals surface area contributed by atoms with E-state index in [1.54, 1.807) is 53.7 Å². The normalized spacial score (nSPS) is 13.4. The molecule has 2 rings (SSSR count). The van der Waals surface area contributed by atoms with E-state index in [4.69, 9.17) is 25.8 Å². The van der Waals surface area contributed by atoms with E-state index in [2.05, 4.69) is 30.6 Å². The van der Waals surface area contributed by atoms with Crippen LogP contribution in [0, 0.1) is 0 Å². The molecule has 1 aromatic carbocycles. The minimum atomic E-state index is -1.02. The van der Waals surface area contributed by atoms with E-state index in [1.165, 1.54) is 28.0 Å². The summed E-state index contributed by atoms with van der Waals surface area (Å²) in [6.45, 7) is 10.5. The molecule has 1 atom stereocenters. The van der Waals surface area contributed by atoms with E-state index < -0.39 is 29.3 Å². The fourth-order valence-electron chi connectivity index (χ4n) is 2.59. The van der Waals surface area contributed by atoms with E-state index >= 15 is 0 Å². The van der Waals surface area contributed by atoms with Crippen LogP contribution in [-0.4, -0.2) is 40.8 Å². The van der Waals surface area contributed by atoms with Crippen LogP contribution < -0.4 is 14.7 Å². The van der Waals surface area contributed by atoms with Gasteiger partial charge >= 0.3 is 12.1 Å². The fraction of sp³-hybridized carbons (Fsp3) is 0.524. The lowest BCUT2D eigenvalue weighted by Gasteiger charge is -2.26. The fourth-order valence-corrected chi connectivity index (χ4v) is 4.99. The maximum Gasteiger partial charge on any atom is 0.408 e. The molecule has 33 heavy (non-hydrogen) atoms. The Labute approximate surface area is 214 Å². The first-order chi connectivity index (χ1) is 15.2. The zero-order chi connectivity index (χ0) is 25.0. The first kappa shape index (κ1) is 27.6. The van der Waals surface area contributed by atoms with Crippen LogP contribution >= 0.6 is 48.4 Å². The molecule has 0 saturated heterocycles. The SMILES string of the molecule is COc1cc(Br)c(/N=c2\ssnc2Cl)cc1C[C@H](NC(=O)OC(C)(C)C)C(=O)OC(C)(C)C. The monoisotopic (exact) mass is 579 g/mol. The van der Waals surface area contributed by atoms with Crippen LogP contribution in [0.25, 0.3) is 0 Å². The Morgan fingerprint density at radius 1 is 1.18 bits per heavy atom. The summed E-state index contributed by atoms with van der Waals surface area (Å²) >= 11 is 9.58. The second-order valence-corrected chi connectivity index (χ2v) is 12.1. The van der Waals surface area contributed by atoms with Crippen LogP contribution in [0.5, 0.6) is 5.75 Å². The highest BCUT2D eigenvalue weighted by molar-refractivity contribution is 9.10. The van der Waals surface area contributed by atoms with Crippen molar-refractivity contribution in [2.45, 2.75) is 65.2 Å². The van der Waals surface area contributed by atoms with Gasteiger partial charge in [0.15, 0.2) is 9.82 Å². The van der Waals surface area contributed by atoms with Gasteiger partial charge in [-0.2, -0.15) is 4.37 Å². The van der Waals surface area contributed by atoms with Gasteiger partial charge in [0, 0.05) is 21.4 Å². The molecule has 0 saturated carbocycles. The van der Waals surface area contributed by atoms with Gasteiger partial charge in [-0.25, -0.2) is 14.6 Å². The predicted octanol–water partition coefficient (Wildman–Crippen LogP) is 5.64. The van der Waals surface area contributed by atoms with E-state index in [0.717, 1.165) is 0 Å². The van der Waals surface area contributed by atoms with Crippen molar-refractivity contribution in [1.82, 2.24) is 9.69 Å². The molecule has 0 radical (unpaired) electrons. The van der Waals surface area contributed by atoms with Crippen LogP contribution in [-0.2, 0) is 20.7 Å². The molecule has 0 unspecified atom stereocenters. The Kier molecular flexibility index (Phi) is 9.32. The Balaban J connectivity index is 2.44. The van der Waals surface area contributed by atoms with Crippen LogP contribution in [0.1, 0.15) is 47.1 Å². The quantitative estimate of drug-likeness (QED) is 0.351. The molecule has 0 spiro atoms. The molecule has 8 nitrogen and oxygen atoms in total. The van der Waals surface area contributed by atoms with Crippen molar-refractivity contribution < 1.29 is 23.8 Å². The van der Waals surface area contributed by atoms with Gasteiger partial charge in [-0.05, 0) is 85.5 Å². The zero-order valence-electron chi connectivity index (χ0n) is 19.4. The van der Waals surface area contributed by atoms with E-state index in [1.807, 2.05) is 0 Å². The van der Waals surface area contributed by atoms with Crippen molar-refractivity contribution in [3.63, 3.8) is 0 Å². The molecular formula is C21H27BrClN3O5S2. The van der Waals surface area contributed by atoms with Gasteiger partial charge in [-0.3, -0.25) is 0 Å². The lowest BCUT2D eigenvalue weighted by atomic mass is 10.0. The Morgan fingerprint density at radius 2 is 1.82 bits per heavy atom. The van der Waals surface area contributed by atoms with Crippen molar-refractivity contribution in [3.8, 4) is 5.75 Å². The van der Waals surface area contributed by atoms with Crippen molar-refractivity contribution in [2.24, 2.45) is 4.99 Å². The third kappa shape index (κ3) is 8.88. The number of esters is 1. The number of nitrogens with zero attached hydrogens (tertiary/aromatic N) is 2. The maximum absolute atomic E-state index is 12.9. The number of aromatic nitrogens is 1. The lowest BCUT2D eigenvalue weighted by molar-refractivity contribution is -0.157. The van der Waals surface area contributed by atoms with Crippen molar-refractivity contribution in [1.29, 1.82) is 0 Å². The van der Waals surface area contributed by atoms with Gasteiger partial charge in [0.25, 0.3) is 0 Å². The Hall–Kier alpha value is -1.69. The maximum atomic E-state index is 12.9. The summed E-state index contributed by atoms with van der Waals surface area (Å²) in [5.74, 6) is -0.0808. The highest BCUT2D eigenvalue weighted by atomic mass is 79.9. The number of carbonyl (C=O) groups is 2. The largest absolute Gasteiger partial charge is 0.496 e. The van der Waals surface area contributed by atoms with Gasteiger partial charge in [-0.1, -0.05) is 11.6 Å². The highest BCUT2D eigenvalue weighted by Crippen LogP contribution is 2.34. The second-order valence-electron chi connectivity index (χ2n) is 9.01. The lowest BCUT2D eigenvalue weighted by Crippen LogP contribution is -2.47. The number of halogens is 2. The summed E-state index contributed by atoms with van der Waals surface area (Å²) < 4.78 is 21.6. The number of benzene rings is 1. The molecule has 1 aromatic heterocycles. The Morgan fingerprint density at radius 3 is 2.33 bits per heavy atom. The molecule has 12 heteroatoms. The van der Waals surface area contributed by atoms with Crippen LogP contribution in [0.2, 0.25) is 5.15 Å². The summed E-state index contributed by atoms with van der Waals surface area (Å²) in [5, 5.41) is 2.94. The molecule has 0 fully saturated rings. The summed E-state index contributed by atoms with van der Waals surface area (Å²) in [5.41, 5.74) is -0.252. The molecule has 0 aliphatic rings. The number of alkyl carbamates (subject to hydrolysis) is 1. The smallest absolute Gasteiger partial charge is 0.408 e. The van der Waals surface area contributed by atoms with Crippen LogP contribution in [0.3, 0.4) is 0 Å². The highest BCUT2D eigenvalue weighted by Gasteiger charge is 2.30. The molecule has 1 amide bonds. The topological polar surface area (TPSA) is 99.1 Å². The zero-order valence-corrected chi connectivity index (χ0v) is 23.4. The van der Waals surface area contributed by atoms with Gasteiger partial charge in [0.2, 0.25) is 0 Å². The summed E-state index contributed by atoms with van der Waals surface area (Å²) in [6, 6.07) is 2.49. The Bertz CT molecular complexity index is 1070. The molecule has 1 N–H and O–H groups in total. The minimum absolute atomic E-state index is 0.0895. The molecule has 0 aliphatic heterocycles. The molecule has 0 aliphatic carbocycles. The minimum Gasteiger partial charge on any atom is -0.496 e. The van der Waals surface area contributed by atoms with Gasteiger partial charge in [0.05, 0.1) is 12.8 Å². The number of rotatable bonds is 6. The molecule has 1 heterocycles. The first-order valence-corrected chi connectivity index (χ1v) is 13.2. The summed E-state index contributed by atoms with van der Waals surface area (Å²) in [6.07, 6.45) is -0.635. The van der Waals surface area contributed by atoms with E-state index in [0.29, 0.717) is 31.3 Å². The molecular weight excluding hydrogens is 554 g/mol. The van der Waals surface area contributed by atoms with Gasteiger partial charge in [-0.15, -0.1) is 0 Å². The third-order valence-electron chi connectivity index (χ3n) is 3.79. The number of hydrogen-bond acceptors (Lipinski definition) is 9. The average molecular weight is 581 g/mol. The van der Waals surface area contributed by atoms with Crippen molar-refractivity contribution >= 4 is 66.2 Å². The predicted molar refractivity (Wildman–Crippen MR) is 134 cm³/mol. The van der Waals surface area contributed by atoms with Crippen LogP contribution in [0.4, 0.5) is 10.5 Å². The number of carbonyl (C=O) groups excluding carboxylic acids is 2. The van der Waals surface area contributed by atoms with Crippen molar-refractivity contribution in [2.75, 3.05) is 7.11 Å². The average Bonchev–Trinajstić information content (AvgIpc) is 3.05. The number of ether oxygens (including phenoxy) is 3. The molecule has 0 bridgehead atoms. The standard InChI is InChI=1S/C21H27BrClN3O5S2/c1-20(2,3)30-18(27)14(25-19(28)31-21(4,5)6)9-11-8-13(12(22)10-15(11)29-7)24-17-16(23)26-33-32-17/h8,10,14H,9H2,1-7H3,(H,25,28)/b24-17-/t14-/m0/s1. The van der Waals surface area contributed by atoms with E-state index in [9.17, 15) is 9.59 Å². The van der Waals surface area contributed by atoms with E-state index in [-0.39, 0.29) is 6.42 Å².